The summed E-state index contributed by atoms with van der Waals surface area (Å²) in [4.78, 5) is 0. The highest BCUT2D eigenvalue weighted by molar-refractivity contribution is 8.22. The van der Waals surface area contributed by atoms with Crippen molar-refractivity contribution in [2.45, 2.75) is 0 Å². The zero-order valence-electron chi connectivity index (χ0n) is 16.1. The van der Waals surface area contributed by atoms with E-state index in [1.807, 2.05) is 66.9 Å². The van der Waals surface area contributed by atoms with E-state index in [1.165, 1.54) is 23.9 Å². The van der Waals surface area contributed by atoms with Crippen LogP contribution in [-0.2, 0) is 0 Å². The number of hydrogen-bond acceptors (Lipinski definition) is 5. The largest absolute Gasteiger partial charge is 0.213 e. The maximum absolute atomic E-state index is 13.6. The second kappa shape index (κ2) is 9.11. The molecule has 4 aromatic rings. The highest BCUT2D eigenvalue weighted by Gasteiger charge is 2.22. The van der Waals surface area contributed by atoms with E-state index in [2.05, 4.69) is 10.2 Å². The molecule has 0 radical (unpaired) electrons. The number of aromatic nitrogens is 2. The summed E-state index contributed by atoms with van der Waals surface area (Å²) in [5, 5.41) is 13.6. The lowest BCUT2D eigenvalue weighted by atomic mass is 10.1. The van der Waals surface area contributed by atoms with E-state index in [0.29, 0.717) is 21.4 Å². The van der Waals surface area contributed by atoms with Crippen molar-refractivity contribution in [2.24, 2.45) is 10.2 Å². The minimum Gasteiger partial charge on any atom is -0.213 e. The van der Waals surface area contributed by atoms with Crippen LogP contribution in [0.2, 0.25) is 0 Å². The first-order chi connectivity index (χ1) is 14.7. The van der Waals surface area contributed by atoms with Crippen LogP contribution in [0.3, 0.4) is 0 Å². The van der Waals surface area contributed by atoms with Crippen LogP contribution in [-0.4, -0.2) is 20.4 Å². The first-order valence-electron chi connectivity index (χ1n) is 9.17. The molecule has 148 valence electrons. The monoisotopic (exact) mass is 432 g/mol. The van der Waals surface area contributed by atoms with Gasteiger partial charge in [-0.1, -0.05) is 90.7 Å². The first-order valence-corrected chi connectivity index (χ1v) is 10.8. The van der Waals surface area contributed by atoms with Gasteiger partial charge in [-0.05, 0) is 18.4 Å². The van der Waals surface area contributed by atoms with Crippen LogP contribution in [0.15, 0.2) is 95.2 Å². The summed E-state index contributed by atoms with van der Waals surface area (Å²) in [6.45, 7) is 0. The Morgan fingerprint density at radius 1 is 0.900 bits per heavy atom. The number of thiocarbonyl (C=S) groups is 1. The standard InChI is InChI=1S/C23H17FN4S2/c1-30-23(29)28-22(17-11-6-3-7-12-17)21(20(27-28)16-9-4-2-5-10-16)26-25-19-14-8-13-18(24)15-19/h2-15H,1H3. The summed E-state index contributed by atoms with van der Waals surface area (Å²) >= 11 is 7.00. The van der Waals surface area contributed by atoms with Crippen molar-refractivity contribution >= 4 is 39.7 Å². The van der Waals surface area contributed by atoms with Crippen LogP contribution in [0.1, 0.15) is 0 Å². The zero-order chi connectivity index (χ0) is 20.9. The SMILES string of the molecule is CSC(=S)n1nc(-c2ccccc2)c(N=Nc2cccc(F)c2)c1-c1ccccc1. The maximum Gasteiger partial charge on any atom is 0.161 e. The lowest BCUT2D eigenvalue weighted by Gasteiger charge is -2.07. The molecule has 3 aromatic carbocycles. The molecule has 1 heterocycles. The highest BCUT2D eigenvalue weighted by Crippen LogP contribution is 2.40. The van der Waals surface area contributed by atoms with Crippen molar-refractivity contribution in [3.8, 4) is 22.5 Å². The van der Waals surface area contributed by atoms with Gasteiger partial charge in [-0.2, -0.15) is 10.2 Å². The van der Waals surface area contributed by atoms with Crippen LogP contribution in [0.4, 0.5) is 15.8 Å². The number of thioether (sulfide) groups is 1. The maximum atomic E-state index is 13.6. The molecular formula is C23H17FN4S2. The Labute approximate surface area is 183 Å². The van der Waals surface area contributed by atoms with Gasteiger partial charge in [-0.3, -0.25) is 0 Å². The van der Waals surface area contributed by atoms with Crippen LogP contribution < -0.4 is 0 Å². The smallest absolute Gasteiger partial charge is 0.161 e. The van der Waals surface area contributed by atoms with Gasteiger partial charge in [-0.15, -0.1) is 5.11 Å². The van der Waals surface area contributed by atoms with Crippen molar-refractivity contribution in [3.05, 3.63) is 90.7 Å². The minimum absolute atomic E-state index is 0.364. The van der Waals surface area contributed by atoms with Crippen molar-refractivity contribution in [1.29, 1.82) is 0 Å². The van der Waals surface area contributed by atoms with Crippen molar-refractivity contribution in [1.82, 2.24) is 9.78 Å². The van der Waals surface area contributed by atoms with Crippen molar-refractivity contribution < 1.29 is 4.39 Å². The molecule has 0 fully saturated rings. The molecule has 0 spiro atoms. The van der Waals surface area contributed by atoms with Gasteiger partial charge in [-0.25, -0.2) is 9.07 Å². The molecule has 0 aliphatic carbocycles. The quantitative estimate of drug-likeness (QED) is 0.252. The van der Waals surface area contributed by atoms with Crippen LogP contribution >= 0.6 is 24.0 Å². The number of hydrogen-bond donors (Lipinski definition) is 0. The predicted molar refractivity (Wildman–Crippen MR) is 125 cm³/mol. The molecule has 0 aliphatic heterocycles. The van der Waals surface area contributed by atoms with Gasteiger partial charge in [0.15, 0.2) is 4.32 Å². The second-order valence-corrected chi connectivity index (χ2v) is 7.78. The van der Waals surface area contributed by atoms with Gasteiger partial charge in [0, 0.05) is 17.2 Å². The van der Waals surface area contributed by atoms with Gasteiger partial charge in [0.25, 0.3) is 0 Å². The molecule has 0 saturated heterocycles. The number of benzene rings is 3. The number of halogens is 1. The van der Waals surface area contributed by atoms with Crippen LogP contribution in [0.5, 0.6) is 0 Å². The lowest BCUT2D eigenvalue weighted by Crippen LogP contribution is -2.08. The number of rotatable bonds is 4. The molecule has 1 aromatic heterocycles. The Kier molecular flexibility index (Phi) is 6.11. The molecule has 0 aliphatic rings. The third kappa shape index (κ3) is 4.22. The van der Waals surface area contributed by atoms with E-state index in [-0.39, 0.29) is 5.82 Å². The van der Waals surface area contributed by atoms with Gasteiger partial charge in [0.1, 0.15) is 22.9 Å². The van der Waals surface area contributed by atoms with Crippen LogP contribution in [0, 0.1) is 5.82 Å². The van der Waals surface area contributed by atoms with Gasteiger partial charge in [0.05, 0.1) is 5.69 Å². The molecule has 0 saturated carbocycles. The highest BCUT2D eigenvalue weighted by atomic mass is 32.2. The van der Waals surface area contributed by atoms with Crippen molar-refractivity contribution in [2.75, 3.05) is 6.26 Å². The number of azo groups is 1. The summed E-state index contributed by atoms with van der Waals surface area (Å²) in [6, 6.07) is 25.6. The van der Waals surface area contributed by atoms with Crippen LogP contribution in [0.25, 0.3) is 22.5 Å². The molecule has 4 rings (SSSR count). The molecule has 0 atom stereocenters. The second-order valence-electron chi connectivity index (χ2n) is 6.34. The Balaban J connectivity index is 1.96. The van der Waals surface area contributed by atoms with Gasteiger partial charge < -0.3 is 0 Å². The molecule has 30 heavy (non-hydrogen) atoms. The van der Waals surface area contributed by atoms with E-state index < -0.39 is 0 Å². The van der Waals surface area contributed by atoms with E-state index in [0.717, 1.165) is 16.8 Å². The number of nitrogens with zero attached hydrogens (tertiary/aromatic N) is 4. The predicted octanol–water partition coefficient (Wildman–Crippen LogP) is 7.27. The summed E-state index contributed by atoms with van der Waals surface area (Å²) in [5.41, 5.74) is 4.21. The van der Waals surface area contributed by atoms with Crippen molar-refractivity contribution in [3.63, 3.8) is 0 Å². The molecule has 0 unspecified atom stereocenters. The molecule has 0 N–H and O–H groups in total. The average Bonchev–Trinajstić information content (AvgIpc) is 3.18. The molecular weight excluding hydrogens is 415 g/mol. The van der Waals surface area contributed by atoms with E-state index in [1.54, 1.807) is 16.8 Å². The molecule has 4 nitrogen and oxygen atoms in total. The Hall–Kier alpha value is -3.16. The van der Waals surface area contributed by atoms with E-state index >= 15 is 0 Å². The summed E-state index contributed by atoms with van der Waals surface area (Å²) in [5.74, 6) is -0.364. The minimum atomic E-state index is -0.364. The fourth-order valence-corrected chi connectivity index (χ4v) is 3.45. The normalized spacial score (nSPS) is 11.1. The Morgan fingerprint density at radius 2 is 1.57 bits per heavy atom. The van der Waals surface area contributed by atoms with Gasteiger partial charge >= 0.3 is 0 Å². The van der Waals surface area contributed by atoms with E-state index in [9.17, 15) is 4.39 Å². The van der Waals surface area contributed by atoms with E-state index in [4.69, 9.17) is 17.3 Å². The third-order valence-electron chi connectivity index (χ3n) is 4.38. The summed E-state index contributed by atoms with van der Waals surface area (Å²) in [7, 11) is 0. The Morgan fingerprint density at radius 3 is 2.20 bits per heavy atom. The third-order valence-corrected chi connectivity index (χ3v) is 5.57. The molecule has 7 heteroatoms. The summed E-state index contributed by atoms with van der Waals surface area (Å²) < 4.78 is 15.9. The molecule has 0 amide bonds. The zero-order valence-corrected chi connectivity index (χ0v) is 17.7. The average molecular weight is 433 g/mol. The van der Waals surface area contributed by atoms with Gasteiger partial charge in [0.2, 0.25) is 0 Å². The topological polar surface area (TPSA) is 42.5 Å². The summed E-state index contributed by atoms with van der Waals surface area (Å²) in [6.07, 6.45) is 1.91. The molecule has 0 bridgehead atoms. The lowest BCUT2D eigenvalue weighted by molar-refractivity contribution is 0.628. The first kappa shape index (κ1) is 20.1. The fraction of sp³-hybridized carbons (Fsp3) is 0.0435. The fourth-order valence-electron chi connectivity index (χ4n) is 3.01. The Bertz CT molecular complexity index is 1200.